The lowest BCUT2D eigenvalue weighted by Crippen LogP contribution is -2.50. The van der Waals surface area contributed by atoms with E-state index in [9.17, 15) is 14.4 Å². The molecule has 2 aliphatic rings. The molecule has 0 spiro atoms. The van der Waals surface area contributed by atoms with Crippen molar-refractivity contribution in [3.63, 3.8) is 0 Å². The molecule has 24 heavy (non-hydrogen) atoms. The number of hydrogen-bond acceptors (Lipinski definition) is 3. The van der Waals surface area contributed by atoms with Gasteiger partial charge >= 0.3 is 0 Å². The van der Waals surface area contributed by atoms with Crippen LogP contribution in [0.25, 0.3) is 0 Å². The van der Waals surface area contributed by atoms with Crippen molar-refractivity contribution in [3.05, 3.63) is 35.4 Å². The Balaban J connectivity index is 2.05. The summed E-state index contributed by atoms with van der Waals surface area (Å²) in [5.41, 5.74) is 1.71. The van der Waals surface area contributed by atoms with Gasteiger partial charge in [-0.3, -0.25) is 14.4 Å². The average molecular weight is 348 g/mol. The summed E-state index contributed by atoms with van der Waals surface area (Å²) >= 11 is 5.77. The van der Waals surface area contributed by atoms with E-state index < -0.39 is 12.0 Å². The van der Waals surface area contributed by atoms with Gasteiger partial charge in [0.2, 0.25) is 5.91 Å². The number of carbonyl (C=O) groups is 3. The van der Waals surface area contributed by atoms with Gasteiger partial charge in [-0.05, 0) is 23.0 Å². The number of carbonyl (C=O) groups excluding carboxylic acids is 3. The average Bonchev–Trinajstić information content (AvgIpc) is 2.52. The standard InChI is InChI=1S/C19H22ClNO3/c1-19(2)9-14(22)17(15(23)10-19)18-13-6-4-3-5-12(13)7-8-21(18)16(24)11-20/h3-6,17-18H,7-11H2,1-2H3/t18-/m1/s1. The number of hydrogen-bond donors (Lipinski definition) is 0. The highest BCUT2D eigenvalue weighted by atomic mass is 35.5. The van der Waals surface area contributed by atoms with Gasteiger partial charge in [0.25, 0.3) is 0 Å². The Hall–Kier alpha value is -1.68. The Morgan fingerprint density at radius 1 is 1.21 bits per heavy atom. The highest BCUT2D eigenvalue weighted by Crippen LogP contribution is 2.43. The summed E-state index contributed by atoms with van der Waals surface area (Å²) in [5, 5.41) is 0. The third kappa shape index (κ3) is 3.00. The molecule has 1 saturated carbocycles. The summed E-state index contributed by atoms with van der Waals surface area (Å²) in [5.74, 6) is -1.26. The summed E-state index contributed by atoms with van der Waals surface area (Å²) in [6, 6.07) is 7.25. The maximum atomic E-state index is 12.8. The predicted octanol–water partition coefficient (Wildman–Crippen LogP) is 2.93. The molecular formula is C19H22ClNO3. The van der Waals surface area contributed by atoms with E-state index in [1.807, 2.05) is 38.1 Å². The smallest absolute Gasteiger partial charge is 0.238 e. The highest BCUT2D eigenvalue weighted by Gasteiger charge is 2.48. The van der Waals surface area contributed by atoms with Crippen LogP contribution in [0.4, 0.5) is 0 Å². The van der Waals surface area contributed by atoms with Gasteiger partial charge < -0.3 is 4.90 Å². The van der Waals surface area contributed by atoms with E-state index in [-0.39, 0.29) is 28.8 Å². The molecule has 1 aliphatic carbocycles. The van der Waals surface area contributed by atoms with Crippen LogP contribution in [0, 0.1) is 11.3 Å². The Labute approximate surface area is 147 Å². The number of Topliss-reactive ketones (excluding diaryl/α,β-unsaturated/α-hetero) is 2. The molecule has 1 aliphatic heterocycles. The molecule has 1 amide bonds. The number of nitrogens with zero attached hydrogens (tertiary/aromatic N) is 1. The van der Waals surface area contributed by atoms with Crippen LogP contribution in [0.1, 0.15) is 43.9 Å². The lowest BCUT2D eigenvalue weighted by atomic mass is 9.67. The second-order valence-electron chi connectivity index (χ2n) is 7.54. The Morgan fingerprint density at radius 2 is 1.83 bits per heavy atom. The second kappa shape index (κ2) is 6.32. The first-order chi connectivity index (χ1) is 11.3. The molecule has 3 rings (SSSR count). The first-order valence-corrected chi connectivity index (χ1v) is 8.86. The summed E-state index contributed by atoms with van der Waals surface area (Å²) in [6.45, 7) is 4.37. The number of benzene rings is 1. The van der Waals surface area contributed by atoms with Crippen molar-refractivity contribution in [1.82, 2.24) is 4.90 Å². The summed E-state index contributed by atoms with van der Waals surface area (Å²) in [6.07, 6.45) is 1.45. The third-order valence-electron chi connectivity index (χ3n) is 5.08. The van der Waals surface area contributed by atoms with Crippen LogP contribution in [-0.4, -0.2) is 34.8 Å². The fraction of sp³-hybridized carbons (Fsp3) is 0.526. The molecule has 0 aromatic heterocycles. The molecule has 0 radical (unpaired) electrons. The van der Waals surface area contributed by atoms with Crippen LogP contribution in [0.3, 0.4) is 0 Å². The maximum Gasteiger partial charge on any atom is 0.238 e. The van der Waals surface area contributed by atoms with Gasteiger partial charge in [0.05, 0.1) is 6.04 Å². The van der Waals surface area contributed by atoms with Crippen LogP contribution in [0.15, 0.2) is 24.3 Å². The minimum absolute atomic E-state index is 0.0645. The molecule has 0 unspecified atom stereocenters. The first kappa shape index (κ1) is 17.2. The number of rotatable bonds is 2. The summed E-state index contributed by atoms with van der Waals surface area (Å²) < 4.78 is 0. The zero-order valence-electron chi connectivity index (χ0n) is 14.0. The van der Waals surface area contributed by atoms with Crippen LogP contribution in [-0.2, 0) is 20.8 Å². The topological polar surface area (TPSA) is 54.5 Å². The van der Waals surface area contributed by atoms with E-state index >= 15 is 0 Å². The summed E-state index contributed by atoms with van der Waals surface area (Å²) in [4.78, 5) is 39.6. The van der Waals surface area contributed by atoms with Gasteiger partial charge in [-0.1, -0.05) is 38.1 Å². The molecule has 1 atom stereocenters. The van der Waals surface area contributed by atoms with Crippen molar-refractivity contribution in [2.75, 3.05) is 12.4 Å². The van der Waals surface area contributed by atoms with E-state index in [1.54, 1.807) is 4.90 Å². The third-order valence-corrected chi connectivity index (χ3v) is 5.31. The largest absolute Gasteiger partial charge is 0.333 e. The van der Waals surface area contributed by atoms with Gasteiger partial charge in [0.1, 0.15) is 23.4 Å². The van der Waals surface area contributed by atoms with Gasteiger partial charge in [0.15, 0.2) is 0 Å². The SMILES string of the molecule is CC1(C)CC(=O)C([C@H]2c3ccccc3CCN2C(=O)CCl)C(=O)C1. The molecule has 4 nitrogen and oxygen atoms in total. The first-order valence-electron chi connectivity index (χ1n) is 8.33. The molecule has 0 bridgehead atoms. The van der Waals surface area contributed by atoms with Crippen molar-refractivity contribution in [3.8, 4) is 0 Å². The second-order valence-corrected chi connectivity index (χ2v) is 7.81. The zero-order valence-corrected chi connectivity index (χ0v) is 14.8. The van der Waals surface area contributed by atoms with Gasteiger partial charge in [0, 0.05) is 19.4 Å². The quantitative estimate of drug-likeness (QED) is 0.610. The van der Waals surface area contributed by atoms with E-state index in [0.29, 0.717) is 19.4 Å². The van der Waals surface area contributed by atoms with E-state index in [4.69, 9.17) is 11.6 Å². The minimum Gasteiger partial charge on any atom is -0.333 e. The number of amides is 1. The number of ketones is 2. The van der Waals surface area contributed by atoms with E-state index in [2.05, 4.69) is 0 Å². The fourth-order valence-electron chi connectivity index (χ4n) is 4.07. The molecule has 1 heterocycles. The molecule has 1 aromatic carbocycles. The van der Waals surface area contributed by atoms with Crippen molar-refractivity contribution >= 4 is 29.1 Å². The number of halogens is 1. The normalized spacial score (nSPS) is 24.0. The Morgan fingerprint density at radius 3 is 2.46 bits per heavy atom. The fourth-order valence-corrected chi connectivity index (χ4v) is 4.23. The lowest BCUT2D eigenvalue weighted by molar-refractivity contribution is -0.146. The Kier molecular flexibility index (Phi) is 4.52. The van der Waals surface area contributed by atoms with Crippen molar-refractivity contribution in [1.29, 1.82) is 0 Å². The monoisotopic (exact) mass is 347 g/mol. The van der Waals surface area contributed by atoms with Crippen LogP contribution < -0.4 is 0 Å². The van der Waals surface area contributed by atoms with Crippen LogP contribution >= 0.6 is 11.6 Å². The summed E-state index contributed by atoms with van der Waals surface area (Å²) in [7, 11) is 0. The zero-order chi connectivity index (χ0) is 17.5. The van der Waals surface area contributed by atoms with Gasteiger partial charge in [-0.15, -0.1) is 11.6 Å². The van der Waals surface area contributed by atoms with Crippen molar-refractivity contribution in [2.24, 2.45) is 11.3 Å². The minimum atomic E-state index is -0.772. The molecule has 5 heteroatoms. The molecular weight excluding hydrogens is 326 g/mol. The van der Waals surface area contributed by atoms with Crippen LogP contribution in [0.2, 0.25) is 0 Å². The molecule has 0 N–H and O–H groups in total. The van der Waals surface area contributed by atoms with E-state index in [0.717, 1.165) is 17.5 Å². The van der Waals surface area contributed by atoms with Crippen LogP contribution in [0.5, 0.6) is 0 Å². The van der Waals surface area contributed by atoms with Gasteiger partial charge in [-0.25, -0.2) is 0 Å². The number of fused-ring (bicyclic) bond motifs is 1. The maximum absolute atomic E-state index is 12.8. The van der Waals surface area contributed by atoms with Crippen molar-refractivity contribution in [2.45, 2.75) is 39.2 Å². The van der Waals surface area contributed by atoms with Crippen molar-refractivity contribution < 1.29 is 14.4 Å². The predicted molar refractivity (Wildman–Crippen MR) is 91.8 cm³/mol. The Bertz CT molecular complexity index is 678. The lowest BCUT2D eigenvalue weighted by Gasteiger charge is -2.43. The highest BCUT2D eigenvalue weighted by molar-refractivity contribution is 6.27. The number of alkyl halides is 1. The van der Waals surface area contributed by atoms with E-state index in [1.165, 1.54) is 0 Å². The molecule has 0 saturated heterocycles. The van der Waals surface area contributed by atoms with Gasteiger partial charge in [-0.2, -0.15) is 0 Å². The molecule has 1 fully saturated rings. The molecule has 1 aromatic rings. The molecule has 128 valence electrons.